The molecule has 0 aliphatic rings. The van der Waals surface area contributed by atoms with E-state index >= 15 is 0 Å². The lowest BCUT2D eigenvalue weighted by molar-refractivity contribution is -0.384. The fraction of sp³-hybridized carbons (Fsp3) is 0.0435. The van der Waals surface area contributed by atoms with Crippen molar-refractivity contribution < 1.29 is 18.9 Å². The van der Waals surface area contributed by atoms with Gasteiger partial charge in [-0.05, 0) is 54.1 Å². The number of hydrogen-bond acceptors (Lipinski definition) is 6. The molecule has 8 nitrogen and oxygen atoms in total. The van der Waals surface area contributed by atoms with Crippen LogP contribution in [-0.4, -0.2) is 17.0 Å². The van der Waals surface area contributed by atoms with Gasteiger partial charge in [-0.2, -0.15) is 5.10 Å². The van der Waals surface area contributed by atoms with Gasteiger partial charge in [0.25, 0.3) is 5.69 Å². The third-order valence-corrected chi connectivity index (χ3v) is 5.03. The first-order valence-electron chi connectivity index (χ1n) is 9.47. The maximum absolute atomic E-state index is 12.4. The largest absolute Gasteiger partial charge is 0.488 e. The van der Waals surface area contributed by atoms with Crippen molar-refractivity contribution in [3.8, 4) is 5.75 Å². The maximum atomic E-state index is 12.4. The number of hydrogen-bond donors (Lipinski definition) is 1. The molecular formula is C23H16BrN3O5. The van der Waals surface area contributed by atoms with Crippen molar-refractivity contribution in [2.24, 2.45) is 5.10 Å². The minimum atomic E-state index is -0.474. The van der Waals surface area contributed by atoms with Gasteiger partial charge < -0.3 is 9.15 Å². The predicted octanol–water partition coefficient (Wildman–Crippen LogP) is 5.45. The van der Waals surface area contributed by atoms with E-state index in [1.54, 1.807) is 36.4 Å². The zero-order valence-electron chi connectivity index (χ0n) is 16.5. The molecule has 4 rings (SSSR count). The zero-order valence-corrected chi connectivity index (χ0v) is 18.1. The third-order valence-electron chi connectivity index (χ3n) is 4.53. The fourth-order valence-electron chi connectivity index (χ4n) is 2.94. The molecule has 1 amide bonds. The highest BCUT2D eigenvalue weighted by Crippen LogP contribution is 2.23. The number of rotatable bonds is 7. The smallest absolute Gasteiger partial charge is 0.307 e. The van der Waals surface area contributed by atoms with Crippen LogP contribution in [-0.2, 0) is 6.61 Å². The molecule has 1 heterocycles. The highest BCUT2D eigenvalue weighted by Gasteiger charge is 2.12. The summed E-state index contributed by atoms with van der Waals surface area (Å²) >= 11 is 3.39. The summed E-state index contributed by atoms with van der Waals surface area (Å²) in [4.78, 5) is 22.7. The van der Waals surface area contributed by atoms with Crippen molar-refractivity contribution in [3.63, 3.8) is 0 Å². The summed E-state index contributed by atoms with van der Waals surface area (Å²) in [6.45, 7) is 0.226. The average Bonchev–Trinajstić information content (AvgIpc) is 3.22. The van der Waals surface area contributed by atoms with Gasteiger partial charge in [-0.25, -0.2) is 5.43 Å². The summed E-state index contributed by atoms with van der Waals surface area (Å²) in [7, 11) is 0. The second-order valence-corrected chi connectivity index (χ2v) is 7.66. The van der Waals surface area contributed by atoms with Crippen molar-refractivity contribution >= 4 is 44.7 Å². The highest BCUT2D eigenvalue weighted by atomic mass is 79.9. The fourth-order valence-corrected chi connectivity index (χ4v) is 3.31. The molecule has 0 fully saturated rings. The number of ether oxygens (including phenoxy) is 1. The van der Waals surface area contributed by atoms with E-state index in [-0.39, 0.29) is 18.1 Å². The number of amides is 1. The van der Waals surface area contributed by atoms with Crippen molar-refractivity contribution in [3.05, 3.63) is 104 Å². The number of carbonyl (C=O) groups is 1. The molecule has 0 bridgehead atoms. The van der Waals surface area contributed by atoms with E-state index in [1.807, 2.05) is 24.3 Å². The van der Waals surface area contributed by atoms with Gasteiger partial charge in [0.2, 0.25) is 0 Å². The quantitative estimate of drug-likeness (QED) is 0.209. The number of furan rings is 1. The maximum Gasteiger partial charge on any atom is 0.307 e. The lowest BCUT2D eigenvalue weighted by Gasteiger charge is -2.09. The SMILES string of the molecule is O=C(N/N=C/c1ccccc1OCc1ccc([N+](=O)[O-])cc1)c1cc2cc(Br)ccc2o1. The number of carbonyl (C=O) groups excluding carboxylic acids is 1. The first kappa shape index (κ1) is 21.3. The van der Waals surface area contributed by atoms with Gasteiger partial charge in [0.1, 0.15) is 17.9 Å². The number of benzene rings is 3. The molecule has 0 radical (unpaired) electrons. The van der Waals surface area contributed by atoms with Crippen molar-refractivity contribution in [1.82, 2.24) is 5.43 Å². The molecule has 0 atom stereocenters. The molecule has 160 valence electrons. The number of nitro groups is 1. The number of fused-ring (bicyclic) bond motifs is 1. The van der Waals surface area contributed by atoms with Crippen LogP contribution in [0.4, 0.5) is 5.69 Å². The minimum absolute atomic E-state index is 0.0223. The molecule has 0 spiro atoms. The molecule has 0 saturated carbocycles. The number of nitrogens with one attached hydrogen (secondary N) is 1. The van der Waals surface area contributed by atoms with E-state index in [1.165, 1.54) is 18.3 Å². The molecule has 4 aromatic rings. The van der Waals surface area contributed by atoms with Crippen LogP contribution >= 0.6 is 15.9 Å². The number of hydrazone groups is 1. The Kier molecular flexibility index (Phi) is 6.27. The molecule has 32 heavy (non-hydrogen) atoms. The van der Waals surface area contributed by atoms with Gasteiger partial charge in [-0.3, -0.25) is 14.9 Å². The lowest BCUT2D eigenvalue weighted by Crippen LogP contribution is -2.16. The van der Waals surface area contributed by atoms with Crippen LogP contribution in [0.5, 0.6) is 5.75 Å². The normalized spacial score (nSPS) is 11.0. The summed E-state index contributed by atoms with van der Waals surface area (Å²) in [6.07, 6.45) is 1.47. The van der Waals surface area contributed by atoms with Gasteiger partial charge in [0.15, 0.2) is 5.76 Å². The van der Waals surface area contributed by atoms with Crippen LogP contribution < -0.4 is 10.2 Å². The highest BCUT2D eigenvalue weighted by molar-refractivity contribution is 9.10. The molecule has 1 N–H and O–H groups in total. The Morgan fingerprint density at radius 3 is 2.69 bits per heavy atom. The lowest BCUT2D eigenvalue weighted by atomic mass is 10.2. The van der Waals surface area contributed by atoms with Crippen LogP contribution in [0.25, 0.3) is 11.0 Å². The summed E-state index contributed by atoms with van der Waals surface area (Å²) in [5.41, 5.74) is 4.51. The zero-order chi connectivity index (χ0) is 22.5. The second-order valence-electron chi connectivity index (χ2n) is 6.74. The van der Waals surface area contributed by atoms with Gasteiger partial charge in [-0.15, -0.1) is 0 Å². The Labute approximate surface area is 190 Å². The van der Waals surface area contributed by atoms with E-state index in [2.05, 4.69) is 26.5 Å². The number of halogens is 1. The molecule has 3 aromatic carbocycles. The molecule has 1 aromatic heterocycles. The molecule has 0 aliphatic carbocycles. The third kappa shape index (κ3) is 5.01. The standard InChI is InChI=1S/C23H16BrN3O5/c24-18-7-10-21-17(11-18)12-22(32-21)23(28)26-25-13-16-3-1-2-4-20(16)31-14-15-5-8-19(9-6-15)27(29)30/h1-13H,14H2,(H,26,28)/b25-13+. The molecular weight excluding hydrogens is 478 g/mol. The van der Waals surface area contributed by atoms with Crippen LogP contribution in [0.2, 0.25) is 0 Å². The Morgan fingerprint density at radius 2 is 1.91 bits per heavy atom. The monoisotopic (exact) mass is 493 g/mol. The van der Waals surface area contributed by atoms with Gasteiger partial charge >= 0.3 is 5.91 Å². The Morgan fingerprint density at radius 1 is 1.12 bits per heavy atom. The van der Waals surface area contributed by atoms with E-state index in [4.69, 9.17) is 9.15 Å². The molecule has 0 saturated heterocycles. The van der Waals surface area contributed by atoms with Crippen LogP contribution in [0.3, 0.4) is 0 Å². The van der Waals surface area contributed by atoms with E-state index < -0.39 is 10.8 Å². The van der Waals surface area contributed by atoms with Crippen molar-refractivity contribution in [1.29, 1.82) is 0 Å². The van der Waals surface area contributed by atoms with E-state index in [0.717, 1.165) is 15.4 Å². The Hall–Kier alpha value is -3.98. The summed E-state index contributed by atoms with van der Waals surface area (Å²) in [6, 6.07) is 20.4. The number of nitrogens with zero attached hydrogens (tertiary/aromatic N) is 2. The number of nitro benzene ring substituents is 1. The molecule has 9 heteroatoms. The summed E-state index contributed by atoms with van der Waals surface area (Å²) in [5, 5.41) is 15.6. The first-order valence-corrected chi connectivity index (χ1v) is 10.3. The van der Waals surface area contributed by atoms with E-state index in [0.29, 0.717) is 16.9 Å². The minimum Gasteiger partial charge on any atom is -0.488 e. The summed E-state index contributed by atoms with van der Waals surface area (Å²) < 4.78 is 12.3. The molecule has 0 aliphatic heterocycles. The van der Waals surface area contributed by atoms with Gasteiger partial charge in [0.05, 0.1) is 11.1 Å². The van der Waals surface area contributed by atoms with Crippen molar-refractivity contribution in [2.45, 2.75) is 6.61 Å². The van der Waals surface area contributed by atoms with Crippen LogP contribution in [0.15, 0.2) is 86.8 Å². The topological polar surface area (TPSA) is 107 Å². The van der Waals surface area contributed by atoms with Gasteiger partial charge in [-0.1, -0.05) is 28.1 Å². The van der Waals surface area contributed by atoms with Crippen LogP contribution in [0, 0.1) is 10.1 Å². The predicted molar refractivity (Wildman–Crippen MR) is 123 cm³/mol. The first-order chi connectivity index (χ1) is 15.5. The van der Waals surface area contributed by atoms with Gasteiger partial charge in [0, 0.05) is 27.6 Å². The number of non-ortho nitro benzene ring substituents is 1. The van der Waals surface area contributed by atoms with E-state index in [9.17, 15) is 14.9 Å². The van der Waals surface area contributed by atoms with Crippen LogP contribution in [0.1, 0.15) is 21.7 Å². The second kappa shape index (κ2) is 9.44. The number of para-hydroxylation sites is 1. The van der Waals surface area contributed by atoms with Crippen molar-refractivity contribution in [2.75, 3.05) is 0 Å². The Bertz CT molecular complexity index is 1310. The molecule has 0 unspecified atom stereocenters. The Balaban J connectivity index is 1.40. The average molecular weight is 494 g/mol. The summed E-state index contributed by atoms with van der Waals surface area (Å²) in [5.74, 6) is 0.230.